The zero-order valence-corrected chi connectivity index (χ0v) is 10.00. The Morgan fingerprint density at radius 3 is 2.59 bits per heavy atom. The second-order valence-corrected chi connectivity index (χ2v) is 4.72. The first-order chi connectivity index (χ1) is 8.08. The van der Waals surface area contributed by atoms with E-state index in [4.69, 9.17) is 5.11 Å². The molecule has 0 spiro atoms. The van der Waals surface area contributed by atoms with Crippen molar-refractivity contribution in [1.29, 1.82) is 0 Å². The van der Waals surface area contributed by atoms with Crippen molar-refractivity contribution in [3.63, 3.8) is 0 Å². The van der Waals surface area contributed by atoms with Crippen molar-refractivity contribution in [2.24, 2.45) is 0 Å². The molecule has 0 fully saturated rings. The van der Waals surface area contributed by atoms with E-state index in [1.807, 2.05) is 11.4 Å². The number of thiophene rings is 1. The molecule has 0 aliphatic rings. The number of hydrogen-bond acceptors (Lipinski definition) is 2. The van der Waals surface area contributed by atoms with E-state index >= 15 is 0 Å². The maximum atomic E-state index is 12.8. The number of hydrogen-bond donors (Lipinski definition) is 1. The van der Waals surface area contributed by atoms with Crippen LogP contribution in [0.1, 0.15) is 18.4 Å². The van der Waals surface area contributed by atoms with Gasteiger partial charge in [-0.3, -0.25) is 4.79 Å². The molecular formula is C13H11FO2S. The van der Waals surface area contributed by atoms with Crippen LogP contribution in [0, 0.1) is 5.82 Å². The first-order valence-corrected chi connectivity index (χ1v) is 6.03. The van der Waals surface area contributed by atoms with Gasteiger partial charge in [0.15, 0.2) is 0 Å². The molecular weight excluding hydrogens is 239 g/mol. The Kier molecular flexibility index (Phi) is 3.24. The lowest BCUT2D eigenvalue weighted by molar-refractivity contribution is -0.138. The molecule has 2 nitrogen and oxygen atoms in total. The lowest BCUT2D eigenvalue weighted by Gasteiger charge is -2.01. The number of rotatable bonds is 3. The summed E-state index contributed by atoms with van der Waals surface area (Å²) in [6.07, 6.45) is 0. The smallest absolute Gasteiger partial charge is 0.310 e. The average Bonchev–Trinajstić information content (AvgIpc) is 2.78. The van der Waals surface area contributed by atoms with E-state index < -0.39 is 11.9 Å². The summed E-state index contributed by atoms with van der Waals surface area (Å²) in [5.74, 6) is -1.63. The Hall–Kier alpha value is -1.68. The van der Waals surface area contributed by atoms with Gasteiger partial charge in [0.25, 0.3) is 0 Å². The van der Waals surface area contributed by atoms with Gasteiger partial charge >= 0.3 is 5.97 Å². The highest BCUT2D eigenvalue weighted by atomic mass is 32.1. The second kappa shape index (κ2) is 4.67. The third kappa shape index (κ3) is 2.53. The maximum absolute atomic E-state index is 12.8. The molecule has 0 bridgehead atoms. The van der Waals surface area contributed by atoms with Gasteiger partial charge in [-0.25, -0.2) is 4.39 Å². The summed E-state index contributed by atoms with van der Waals surface area (Å²) >= 11 is 1.47. The van der Waals surface area contributed by atoms with Gasteiger partial charge in [0.05, 0.1) is 5.92 Å². The van der Waals surface area contributed by atoms with Gasteiger partial charge < -0.3 is 5.11 Å². The molecule has 1 atom stereocenters. The quantitative estimate of drug-likeness (QED) is 0.901. The molecule has 0 radical (unpaired) electrons. The molecule has 1 unspecified atom stereocenters. The lowest BCUT2D eigenvalue weighted by Crippen LogP contribution is -2.05. The van der Waals surface area contributed by atoms with E-state index in [2.05, 4.69) is 0 Å². The molecule has 1 heterocycles. The van der Waals surface area contributed by atoms with E-state index in [1.54, 1.807) is 19.1 Å². The van der Waals surface area contributed by atoms with E-state index in [0.29, 0.717) is 0 Å². The van der Waals surface area contributed by atoms with Crippen LogP contribution in [0.15, 0.2) is 35.7 Å². The van der Waals surface area contributed by atoms with Crippen molar-refractivity contribution >= 4 is 17.3 Å². The third-order valence-electron chi connectivity index (χ3n) is 2.62. The molecule has 4 heteroatoms. The predicted molar refractivity (Wildman–Crippen MR) is 65.8 cm³/mol. The van der Waals surface area contributed by atoms with Crippen molar-refractivity contribution in [3.05, 3.63) is 47.1 Å². The molecule has 1 aromatic heterocycles. The van der Waals surface area contributed by atoms with Gasteiger partial charge in [0, 0.05) is 4.88 Å². The normalized spacial score (nSPS) is 12.4. The average molecular weight is 250 g/mol. The third-order valence-corrected chi connectivity index (χ3v) is 3.62. The van der Waals surface area contributed by atoms with Crippen molar-refractivity contribution in [1.82, 2.24) is 0 Å². The monoisotopic (exact) mass is 250 g/mol. The zero-order chi connectivity index (χ0) is 12.4. The topological polar surface area (TPSA) is 37.3 Å². The first-order valence-electron chi connectivity index (χ1n) is 5.15. The fraction of sp³-hybridized carbons (Fsp3) is 0.154. The summed E-state index contributed by atoms with van der Waals surface area (Å²) in [6.45, 7) is 1.65. The lowest BCUT2D eigenvalue weighted by atomic mass is 10.0. The van der Waals surface area contributed by atoms with Gasteiger partial charge in [-0.15, -0.1) is 11.3 Å². The van der Waals surface area contributed by atoms with Crippen LogP contribution in [0.4, 0.5) is 4.39 Å². The standard InChI is InChI=1S/C13H11FO2S/c1-8(13(15)16)10-6-12(17-7-10)9-2-4-11(14)5-3-9/h2-8H,1H3,(H,15,16). The molecule has 1 N–H and O–H groups in total. The summed E-state index contributed by atoms with van der Waals surface area (Å²) in [4.78, 5) is 11.8. The summed E-state index contributed by atoms with van der Waals surface area (Å²) in [5, 5.41) is 10.7. The minimum Gasteiger partial charge on any atom is -0.481 e. The Bertz CT molecular complexity index is 531. The van der Waals surface area contributed by atoms with E-state index in [-0.39, 0.29) is 5.82 Å². The first kappa shape index (κ1) is 11.8. The van der Waals surface area contributed by atoms with Gasteiger partial charge in [-0.2, -0.15) is 0 Å². The number of carbonyl (C=O) groups is 1. The Morgan fingerprint density at radius 2 is 2.00 bits per heavy atom. The largest absolute Gasteiger partial charge is 0.481 e. The summed E-state index contributed by atoms with van der Waals surface area (Å²) in [5.41, 5.74) is 1.68. The molecule has 0 saturated carbocycles. The van der Waals surface area contributed by atoms with E-state index in [1.165, 1.54) is 23.5 Å². The summed E-state index contributed by atoms with van der Waals surface area (Å²) in [6, 6.07) is 8.02. The molecule has 88 valence electrons. The van der Waals surface area contributed by atoms with E-state index in [9.17, 15) is 9.18 Å². The molecule has 1 aromatic carbocycles. The van der Waals surface area contributed by atoms with Gasteiger partial charge in [-0.05, 0) is 41.6 Å². The summed E-state index contributed by atoms with van der Waals surface area (Å²) in [7, 11) is 0. The molecule has 0 saturated heterocycles. The predicted octanol–water partition coefficient (Wildman–Crippen LogP) is 3.74. The van der Waals surface area contributed by atoms with Crippen molar-refractivity contribution in [3.8, 4) is 10.4 Å². The van der Waals surface area contributed by atoms with Crippen molar-refractivity contribution < 1.29 is 14.3 Å². The number of carboxylic acids is 1. The Morgan fingerprint density at radius 1 is 1.35 bits per heavy atom. The van der Waals surface area contributed by atoms with Crippen molar-refractivity contribution in [2.75, 3.05) is 0 Å². The van der Waals surface area contributed by atoms with Crippen LogP contribution in [-0.4, -0.2) is 11.1 Å². The van der Waals surface area contributed by atoms with Crippen LogP contribution in [-0.2, 0) is 4.79 Å². The van der Waals surface area contributed by atoms with E-state index in [0.717, 1.165) is 16.0 Å². The Balaban J connectivity index is 2.29. The zero-order valence-electron chi connectivity index (χ0n) is 9.18. The molecule has 0 amide bonds. The second-order valence-electron chi connectivity index (χ2n) is 3.81. The fourth-order valence-electron chi connectivity index (χ4n) is 1.49. The van der Waals surface area contributed by atoms with Gasteiger partial charge in [-0.1, -0.05) is 12.1 Å². The highest BCUT2D eigenvalue weighted by Gasteiger charge is 2.15. The molecule has 2 rings (SSSR count). The molecule has 17 heavy (non-hydrogen) atoms. The van der Waals surface area contributed by atoms with Crippen LogP contribution in [0.3, 0.4) is 0 Å². The number of carboxylic acid groups (broad SMARTS) is 1. The maximum Gasteiger partial charge on any atom is 0.310 e. The summed E-state index contributed by atoms with van der Waals surface area (Å²) < 4.78 is 12.8. The molecule has 0 aliphatic heterocycles. The van der Waals surface area contributed by atoms with Gasteiger partial charge in [0.2, 0.25) is 0 Å². The highest BCUT2D eigenvalue weighted by Crippen LogP contribution is 2.30. The van der Waals surface area contributed by atoms with Crippen LogP contribution < -0.4 is 0 Å². The molecule has 0 aliphatic carbocycles. The number of halogens is 1. The van der Waals surface area contributed by atoms with Crippen LogP contribution in [0.2, 0.25) is 0 Å². The minimum absolute atomic E-state index is 0.274. The Labute approximate surface area is 102 Å². The van der Waals surface area contributed by atoms with Crippen LogP contribution in [0.5, 0.6) is 0 Å². The van der Waals surface area contributed by atoms with Crippen LogP contribution >= 0.6 is 11.3 Å². The minimum atomic E-state index is -0.839. The van der Waals surface area contributed by atoms with Gasteiger partial charge in [0.1, 0.15) is 5.82 Å². The van der Waals surface area contributed by atoms with Crippen molar-refractivity contribution in [2.45, 2.75) is 12.8 Å². The number of benzene rings is 1. The highest BCUT2D eigenvalue weighted by molar-refractivity contribution is 7.13. The van der Waals surface area contributed by atoms with Crippen LogP contribution in [0.25, 0.3) is 10.4 Å². The molecule has 2 aromatic rings. The fourth-order valence-corrected chi connectivity index (χ4v) is 2.50. The number of aliphatic carboxylic acids is 1. The SMILES string of the molecule is CC(C(=O)O)c1csc(-c2ccc(F)cc2)c1.